The lowest BCUT2D eigenvalue weighted by atomic mass is 10.1. The van der Waals surface area contributed by atoms with Crippen LogP contribution in [0.4, 0.5) is 0 Å². The van der Waals surface area contributed by atoms with Crippen LogP contribution in [0.2, 0.25) is 0 Å². The zero-order valence-electron chi connectivity index (χ0n) is 10.0. The van der Waals surface area contributed by atoms with Gasteiger partial charge in [0.15, 0.2) is 0 Å². The number of nitrogens with zero attached hydrogens (tertiary/aromatic N) is 2. The Labute approximate surface area is 118 Å². The molecule has 0 spiro atoms. The Kier molecular flexibility index (Phi) is 3.73. The Morgan fingerprint density at radius 1 is 1.12 bits per heavy atom. The number of hydrogen-bond donors (Lipinski definition) is 0. The van der Waals surface area contributed by atoms with Crippen molar-refractivity contribution in [1.29, 1.82) is 0 Å². The number of rotatable bonds is 2. The predicted molar refractivity (Wildman–Crippen MR) is 78.1 cm³/mol. The van der Waals surface area contributed by atoms with E-state index < -0.39 is 0 Å². The topological polar surface area (TPSA) is 17.8 Å². The quantitative estimate of drug-likeness (QED) is 0.759. The average Bonchev–Trinajstić information content (AvgIpc) is 2.55. The number of halogens is 2. The summed E-state index contributed by atoms with van der Waals surface area (Å²) in [5, 5.41) is 4.59. The van der Waals surface area contributed by atoms with Gasteiger partial charge in [0.25, 0.3) is 0 Å². The molecule has 0 aliphatic rings. The van der Waals surface area contributed by atoms with Gasteiger partial charge >= 0.3 is 0 Å². The molecule has 4 heteroatoms. The first-order valence-electron chi connectivity index (χ1n) is 5.49. The minimum Gasteiger partial charge on any atom is -0.271 e. The molecule has 90 valence electrons. The van der Waals surface area contributed by atoms with Gasteiger partial charge in [-0.05, 0) is 34.0 Å². The van der Waals surface area contributed by atoms with Crippen LogP contribution >= 0.6 is 31.9 Å². The van der Waals surface area contributed by atoms with E-state index in [2.05, 4.69) is 62.9 Å². The molecular formula is C13H14Br2N2. The largest absolute Gasteiger partial charge is 0.271 e. The van der Waals surface area contributed by atoms with E-state index in [-0.39, 0.29) is 0 Å². The van der Waals surface area contributed by atoms with Gasteiger partial charge in [0.1, 0.15) is 5.69 Å². The van der Waals surface area contributed by atoms with Crippen LogP contribution in [0.1, 0.15) is 25.5 Å². The first kappa shape index (κ1) is 12.8. The highest BCUT2D eigenvalue weighted by Gasteiger charge is 2.17. The second kappa shape index (κ2) is 4.94. The molecule has 1 aromatic carbocycles. The fourth-order valence-electron chi connectivity index (χ4n) is 1.93. The molecule has 0 aliphatic carbocycles. The van der Waals surface area contributed by atoms with E-state index >= 15 is 0 Å². The maximum atomic E-state index is 4.59. The van der Waals surface area contributed by atoms with Crippen molar-refractivity contribution < 1.29 is 0 Å². The minimum atomic E-state index is 0.450. The molecule has 0 saturated carbocycles. The van der Waals surface area contributed by atoms with Crippen LogP contribution in [0.15, 0.2) is 33.2 Å². The maximum absolute atomic E-state index is 4.59. The SMILES string of the molecule is CC(C)c1c(Br)c(-c2ccc(Br)cc2)nn1C. The van der Waals surface area contributed by atoms with Crippen LogP contribution in [0.3, 0.4) is 0 Å². The van der Waals surface area contributed by atoms with Crippen LogP contribution in [0.5, 0.6) is 0 Å². The summed E-state index contributed by atoms with van der Waals surface area (Å²) in [6.45, 7) is 4.35. The molecule has 0 aliphatic heterocycles. The summed E-state index contributed by atoms with van der Waals surface area (Å²) in [6, 6.07) is 8.21. The number of benzene rings is 1. The summed E-state index contributed by atoms with van der Waals surface area (Å²) in [4.78, 5) is 0. The Balaban J connectivity index is 2.53. The highest BCUT2D eigenvalue weighted by atomic mass is 79.9. The maximum Gasteiger partial charge on any atom is 0.107 e. The highest BCUT2D eigenvalue weighted by Crippen LogP contribution is 2.34. The second-order valence-electron chi connectivity index (χ2n) is 4.33. The molecule has 2 nitrogen and oxygen atoms in total. The third kappa shape index (κ3) is 2.47. The van der Waals surface area contributed by atoms with E-state index in [9.17, 15) is 0 Å². The van der Waals surface area contributed by atoms with Gasteiger partial charge in [0.2, 0.25) is 0 Å². The third-order valence-corrected chi connectivity index (χ3v) is 4.01. The van der Waals surface area contributed by atoms with Crippen molar-refractivity contribution in [2.75, 3.05) is 0 Å². The highest BCUT2D eigenvalue weighted by molar-refractivity contribution is 9.10. The van der Waals surface area contributed by atoms with Crippen LogP contribution in [-0.2, 0) is 7.05 Å². The van der Waals surface area contributed by atoms with Crippen molar-refractivity contribution in [3.8, 4) is 11.3 Å². The first-order valence-corrected chi connectivity index (χ1v) is 7.07. The Hall–Kier alpha value is -0.610. The van der Waals surface area contributed by atoms with Gasteiger partial charge in [-0.25, -0.2) is 0 Å². The fraction of sp³-hybridized carbons (Fsp3) is 0.308. The third-order valence-electron chi connectivity index (χ3n) is 2.70. The van der Waals surface area contributed by atoms with Gasteiger partial charge in [0.05, 0.1) is 10.2 Å². The summed E-state index contributed by atoms with van der Waals surface area (Å²) in [7, 11) is 1.99. The minimum absolute atomic E-state index is 0.450. The molecule has 2 aromatic rings. The second-order valence-corrected chi connectivity index (χ2v) is 6.04. The van der Waals surface area contributed by atoms with Gasteiger partial charge in [0, 0.05) is 17.1 Å². The van der Waals surface area contributed by atoms with Crippen molar-refractivity contribution in [1.82, 2.24) is 9.78 Å². The number of aryl methyl sites for hydroxylation is 1. The molecule has 0 radical (unpaired) electrons. The van der Waals surface area contributed by atoms with Crippen molar-refractivity contribution >= 4 is 31.9 Å². The molecule has 1 heterocycles. The first-order chi connectivity index (χ1) is 8.00. The Morgan fingerprint density at radius 3 is 2.18 bits per heavy atom. The molecule has 0 N–H and O–H groups in total. The van der Waals surface area contributed by atoms with E-state index in [0.717, 1.165) is 20.2 Å². The predicted octanol–water partition coefficient (Wildman–Crippen LogP) is 4.74. The molecule has 17 heavy (non-hydrogen) atoms. The molecule has 0 saturated heterocycles. The number of hydrogen-bond acceptors (Lipinski definition) is 1. The molecule has 0 amide bonds. The van der Waals surface area contributed by atoms with E-state index in [1.807, 2.05) is 23.9 Å². The molecular weight excluding hydrogens is 344 g/mol. The lowest BCUT2D eigenvalue weighted by Crippen LogP contribution is -1.99. The zero-order valence-corrected chi connectivity index (χ0v) is 13.2. The summed E-state index contributed by atoms with van der Waals surface area (Å²) in [6.07, 6.45) is 0. The normalized spacial score (nSPS) is 11.2. The van der Waals surface area contributed by atoms with Crippen LogP contribution in [0, 0.1) is 0 Å². The smallest absolute Gasteiger partial charge is 0.107 e. The van der Waals surface area contributed by atoms with Crippen molar-refractivity contribution in [2.24, 2.45) is 7.05 Å². The molecule has 2 rings (SSSR count). The van der Waals surface area contributed by atoms with Crippen molar-refractivity contribution in [3.63, 3.8) is 0 Å². The Bertz CT molecular complexity index is 527. The van der Waals surface area contributed by atoms with E-state index in [4.69, 9.17) is 0 Å². The molecule has 0 atom stereocenters. The fourth-order valence-corrected chi connectivity index (χ4v) is 3.22. The van der Waals surface area contributed by atoms with Crippen LogP contribution in [0.25, 0.3) is 11.3 Å². The summed E-state index contributed by atoms with van der Waals surface area (Å²) >= 11 is 7.10. The number of aromatic nitrogens is 2. The molecule has 1 aromatic heterocycles. The van der Waals surface area contributed by atoms with Gasteiger partial charge < -0.3 is 0 Å². The summed E-state index contributed by atoms with van der Waals surface area (Å²) in [5.74, 6) is 0.450. The van der Waals surface area contributed by atoms with Gasteiger partial charge in [-0.2, -0.15) is 5.10 Å². The lowest BCUT2D eigenvalue weighted by molar-refractivity contribution is 0.668. The van der Waals surface area contributed by atoms with Crippen LogP contribution in [-0.4, -0.2) is 9.78 Å². The Morgan fingerprint density at radius 2 is 1.71 bits per heavy atom. The summed E-state index contributed by atoms with van der Waals surface area (Å²) < 4.78 is 4.13. The standard InChI is InChI=1S/C13H14Br2N2/c1-8(2)13-11(15)12(16-17(13)3)9-4-6-10(14)7-5-9/h4-8H,1-3H3. The lowest BCUT2D eigenvalue weighted by Gasteiger charge is -2.05. The molecule has 0 fully saturated rings. The van der Waals surface area contributed by atoms with Crippen LogP contribution < -0.4 is 0 Å². The average molecular weight is 358 g/mol. The van der Waals surface area contributed by atoms with Gasteiger partial charge in [-0.15, -0.1) is 0 Å². The zero-order chi connectivity index (χ0) is 12.6. The van der Waals surface area contributed by atoms with Gasteiger partial charge in [-0.1, -0.05) is 41.9 Å². The molecule has 0 bridgehead atoms. The monoisotopic (exact) mass is 356 g/mol. The summed E-state index contributed by atoms with van der Waals surface area (Å²) in [5.41, 5.74) is 3.36. The van der Waals surface area contributed by atoms with E-state index in [1.165, 1.54) is 5.69 Å². The molecule has 0 unspecified atom stereocenters. The van der Waals surface area contributed by atoms with Crippen molar-refractivity contribution in [2.45, 2.75) is 19.8 Å². The van der Waals surface area contributed by atoms with Gasteiger partial charge in [-0.3, -0.25) is 4.68 Å². The van der Waals surface area contributed by atoms with E-state index in [0.29, 0.717) is 5.92 Å². The van der Waals surface area contributed by atoms with E-state index in [1.54, 1.807) is 0 Å². The van der Waals surface area contributed by atoms with Crippen molar-refractivity contribution in [3.05, 3.63) is 38.9 Å².